The third kappa shape index (κ3) is 3.05. The highest BCUT2D eigenvalue weighted by molar-refractivity contribution is 7.80. The molecule has 0 aliphatic heterocycles. The summed E-state index contributed by atoms with van der Waals surface area (Å²) in [5.74, 6) is 5.58. The lowest BCUT2D eigenvalue weighted by Crippen LogP contribution is -2.62. The number of amides is 1. The molecule has 0 aromatic heterocycles. The molecule has 0 unspecified atom stereocenters. The van der Waals surface area contributed by atoms with Crippen LogP contribution in [-0.2, 0) is 4.79 Å². The lowest BCUT2D eigenvalue weighted by molar-refractivity contribution is -0.128. The normalized spacial score (nSPS) is 51.4. The Morgan fingerprint density at radius 2 is 1.15 bits per heavy atom. The molecule has 8 rings (SSSR count). The second-order valence-electron chi connectivity index (χ2n) is 11.8. The fourth-order valence-electron chi connectivity index (χ4n) is 9.55. The first-order chi connectivity index (χ1) is 13.0. The van der Waals surface area contributed by atoms with Gasteiger partial charge in [-0.05, 0) is 130 Å². The maximum atomic E-state index is 12.9. The van der Waals surface area contributed by atoms with E-state index >= 15 is 0 Å². The van der Waals surface area contributed by atoms with Crippen molar-refractivity contribution in [3.63, 3.8) is 0 Å². The van der Waals surface area contributed by atoms with Crippen molar-refractivity contribution in [2.24, 2.45) is 40.9 Å². The number of rotatable bonds is 3. The Bertz CT molecular complexity index is 545. The minimum Gasteiger partial charge on any atom is -0.357 e. The van der Waals surface area contributed by atoms with E-state index in [0.29, 0.717) is 16.9 Å². The molecule has 3 nitrogen and oxygen atoms in total. The summed E-state index contributed by atoms with van der Waals surface area (Å²) < 4.78 is 0. The molecule has 0 saturated heterocycles. The fraction of sp³-hybridized carbons (Fsp3) is 0.913. The first kappa shape index (κ1) is 17.2. The van der Waals surface area contributed by atoms with Gasteiger partial charge in [-0.3, -0.25) is 4.79 Å². The maximum absolute atomic E-state index is 12.9. The standard InChI is InChI=1S/C23H34N2OS/c26-20(13-22-7-14-1-15(8-22)3-16(2-14)9-22)24-21(27)25-23-10-17-4-18(11-23)6-19(5-17)12-23/h14-19H,1-13H2,(H2,24,25,26,27). The SMILES string of the molecule is O=C(CC12CC3CC(CC(C3)C1)C2)NC(=S)NC12CC3CC(CC(C3)C1)C2. The van der Waals surface area contributed by atoms with E-state index in [1.165, 1.54) is 77.0 Å². The van der Waals surface area contributed by atoms with E-state index < -0.39 is 0 Å². The van der Waals surface area contributed by atoms with Gasteiger partial charge < -0.3 is 10.6 Å². The molecule has 8 saturated carbocycles. The third-order valence-electron chi connectivity index (χ3n) is 9.37. The van der Waals surface area contributed by atoms with Gasteiger partial charge in [-0.2, -0.15) is 0 Å². The minimum atomic E-state index is 0.180. The molecular formula is C23H34N2OS. The van der Waals surface area contributed by atoms with Gasteiger partial charge >= 0.3 is 0 Å². The zero-order chi connectivity index (χ0) is 18.2. The summed E-state index contributed by atoms with van der Waals surface area (Å²) in [5.41, 5.74) is 0.495. The largest absolute Gasteiger partial charge is 0.357 e. The Morgan fingerprint density at radius 3 is 1.59 bits per heavy atom. The molecule has 0 atom stereocenters. The maximum Gasteiger partial charge on any atom is 0.226 e. The minimum absolute atomic E-state index is 0.180. The Kier molecular flexibility index (Phi) is 3.79. The predicted molar refractivity (Wildman–Crippen MR) is 110 cm³/mol. The summed E-state index contributed by atoms with van der Waals surface area (Å²) in [6.07, 6.45) is 17.0. The van der Waals surface area contributed by atoms with Crippen LogP contribution in [0.1, 0.15) is 83.5 Å². The van der Waals surface area contributed by atoms with Crippen molar-refractivity contribution in [3.8, 4) is 0 Å². The van der Waals surface area contributed by atoms with Crippen LogP contribution >= 0.6 is 12.2 Å². The highest BCUT2D eigenvalue weighted by Crippen LogP contribution is 2.61. The van der Waals surface area contributed by atoms with Crippen LogP contribution in [0.2, 0.25) is 0 Å². The molecule has 8 bridgehead atoms. The monoisotopic (exact) mass is 386 g/mol. The van der Waals surface area contributed by atoms with Crippen LogP contribution in [0.5, 0.6) is 0 Å². The molecule has 2 N–H and O–H groups in total. The van der Waals surface area contributed by atoms with Crippen LogP contribution < -0.4 is 10.6 Å². The molecule has 0 radical (unpaired) electrons. The summed E-state index contributed by atoms with van der Waals surface area (Å²) >= 11 is 5.63. The Hall–Kier alpha value is -0.640. The molecule has 8 fully saturated rings. The van der Waals surface area contributed by atoms with Gasteiger partial charge in [0.1, 0.15) is 0 Å². The Morgan fingerprint density at radius 1 is 0.741 bits per heavy atom. The van der Waals surface area contributed by atoms with E-state index in [1.54, 1.807) is 0 Å². The summed E-state index contributed by atoms with van der Waals surface area (Å²) in [4.78, 5) is 12.9. The van der Waals surface area contributed by atoms with Crippen molar-refractivity contribution in [1.82, 2.24) is 10.6 Å². The van der Waals surface area contributed by atoms with E-state index in [4.69, 9.17) is 12.2 Å². The van der Waals surface area contributed by atoms with Gasteiger partial charge in [0.15, 0.2) is 5.11 Å². The summed E-state index contributed by atoms with van der Waals surface area (Å²) in [6, 6.07) is 0. The number of nitrogens with one attached hydrogen (secondary N) is 2. The quantitative estimate of drug-likeness (QED) is 0.699. The molecule has 0 aromatic rings. The van der Waals surface area contributed by atoms with Gasteiger partial charge in [-0.25, -0.2) is 0 Å². The van der Waals surface area contributed by atoms with Crippen LogP contribution in [-0.4, -0.2) is 16.6 Å². The number of hydrogen-bond acceptors (Lipinski definition) is 2. The second kappa shape index (κ2) is 5.93. The summed E-state index contributed by atoms with van der Waals surface area (Å²) in [5, 5.41) is 7.39. The van der Waals surface area contributed by atoms with Crippen LogP contribution in [0.25, 0.3) is 0 Å². The Labute approximate surface area is 168 Å². The Balaban J connectivity index is 1.08. The molecule has 8 aliphatic carbocycles. The van der Waals surface area contributed by atoms with E-state index in [0.717, 1.165) is 35.5 Å². The highest BCUT2D eigenvalue weighted by Gasteiger charge is 2.53. The highest BCUT2D eigenvalue weighted by atomic mass is 32.1. The van der Waals surface area contributed by atoms with Gasteiger partial charge in [0, 0.05) is 12.0 Å². The number of hydrogen-bond donors (Lipinski definition) is 2. The lowest BCUT2D eigenvalue weighted by atomic mass is 9.49. The average Bonchev–Trinajstić information content (AvgIpc) is 2.50. The van der Waals surface area contributed by atoms with Crippen molar-refractivity contribution in [2.75, 3.05) is 0 Å². The number of carbonyl (C=O) groups excluding carboxylic acids is 1. The second-order valence-corrected chi connectivity index (χ2v) is 12.2. The van der Waals surface area contributed by atoms with Crippen molar-refractivity contribution in [2.45, 2.75) is 89.0 Å². The van der Waals surface area contributed by atoms with Crippen LogP contribution in [0, 0.1) is 40.9 Å². The molecule has 0 aromatic carbocycles. The number of thiocarbonyl (C=S) groups is 1. The van der Waals surface area contributed by atoms with Crippen molar-refractivity contribution in [1.29, 1.82) is 0 Å². The fourth-order valence-corrected chi connectivity index (χ4v) is 9.88. The first-order valence-electron chi connectivity index (χ1n) is 11.6. The molecule has 4 heteroatoms. The molecule has 148 valence electrons. The van der Waals surface area contributed by atoms with Crippen molar-refractivity contribution in [3.05, 3.63) is 0 Å². The van der Waals surface area contributed by atoms with E-state index in [-0.39, 0.29) is 11.4 Å². The van der Waals surface area contributed by atoms with Crippen LogP contribution in [0.3, 0.4) is 0 Å². The van der Waals surface area contributed by atoms with Gasteiger partial charge in [0.25, 0.3) is 0 Å². The lowest BCUT2D eigenvalue weighted by Gasteiger charge is -2.57. The van der Waals surface area contributed by atoms with Gasteiger partial charge in [0.05, 0.1) is 0 Å². The van der Waals surface area contributed by atoms with E-state index in [9.17, 15) is 4.79 Å². The smallest absolute Gasteiger partial charge is 0.226 e. The van der Waals surface area contributed by atoms with E-state index in [2.05, 4.69) is 10.6 Å². The van der Waals surface area contributed by atoms with E-state index in [1.807, 2.05) is 0 Å². The molecule has 8 aliphatic rings. The molecule has 1 amide bonds. The topological polar surface area (TPSA) is 41.1 Å². The third-order valence-corrected chi connectivity index (χ3v) is 9.57. The first-order valence-corrected chi connectivity index (χ1v) is 12.0. The zero-order valence-corrected chi connectivity index (χ0v) is 17.3. The van der Waals surface area contributed by atoms with Gasteiger partial charge in [0.2, 0.25) is 5.91 Å². The number of carbonyl (C=O) groups is 1. The van der Waals surface area contributed by atoms with Gasteiger partial charge in [-0.1, -0.05) is 0 Å². The van der Waals surface area contributed by atoms with Crippen molar-refractivity contribution >= 4 is 23.2 Å². The molecule has 27 heavy (non-hydrogen) atoms. The summed E-state index contributed by atoms with van der Waals surface area (Å²) in [6.45, 7) is 0. The average molecular weight is 387 g/mol. The predicted octanol–water partition coefficient (Wildman–Crippen LogP) is 4.55. The molecule has 0 heterocycles. The zero-order valence-electron chi connectivity index (χ0n) is 16.5. The van der Waals surface area contributed by atoms with Crippen LogP contribution in [0.4, 0.5) is 0 Å². The molecular weight excluding hydrogens is 352 g/mol. The van der Waals surface area contributed by atoms with Crippen LogP contribution in [0.15, 0.2) is 0 Å². The van der Waals surface area contributed by atoms with Crippen molar-refractivity contribution < 1.29 is 4.79 Å². The van der Waals surface area contributed by atoms with Gasteiger partial charge in [-0.15, -0.1) is 0 Å². The molecule has 0 spiro atoms. The summed E-state index contributed by atoms with van der Waals surface area (Å²) in [7, 11) is 0.